The van der Waals surface area contributed by atoms with E-state index < -0.39 is 46.6 Å². The van der Waals surface area contributed by atoms with Crippen molar-refractivity contribution in [3.8, 4) is 0 Å². The molecular weight excluding hydrogens is 412 g/mol. The number of ether oxygens (including phenoxy) is 3. The minimum absolute atomic E-state index is 0.0809. The van der Waals surface area contributed by atoms with E-state index in [2.05, 4.69) is 14.2 Å². The lowest BCUT2D eigenvalue weighted by molar-refractivity contribution is -0.152. The summed E-state index contributed by atoms with van der Waals surface area (Å²) in [5, 5.41) is 0. The van der Waals surface area contributed by atoms with Gasteiger partial charge in [0.2, 0.25) is 0 Å². The molecule has 11 heteroatoms. The third-order valence-electron chi connectivity index (χ3n) is 3.99. The highest BCUT2D eigenvalue weighted by atomic mass is 16.6. The summed E-state index contributed by atoms with van der Waals surface area (Å²) in [5.41, 5.74) is 9.90. The van der Waals surface area contributed by atoms with E-state index in [0.29, 0.717) is 0 Å². The average molecular weight is 428 g/mol. The molecule has 0 amide bonds. The number of methoxy groups -OCH3 is 2. The number of Topliss-reactive ketones (excluding diaryl/α,β-unsaturated/α-hetero) is 2. The topological polar surface area (TPSA) is 182 Å². The maximum Gasteiger partial charge on any atom is 0.387 e. The van der Waals surface area contributed by atoms with E-state index >= 15 is 0 Å². The highest BCUT2D eigenvalue weighted by Gasteiger charge is 2.29. The fourth-order valence-corrected chi connectivity index (χ4v) is 2.39. The molecule has 0 aliphatic carbocycles. The molecule has 4 N–H and O–H groups in total. The van der Waals surface area contributed by atoms with E-state index in [1.54, 1.807) is 0 Å². The van der Waals surface area contributed by atoms with Gasteiger partial charge in [-0.05, 0) is 36.4 Å². The van der Waals surface area contributed by atoms with Gasteiger partial charge in [-0.15, -0.1) is 0 Å². The maximum atomic E-state index is 12.3. The quantitative estimate of drug-likeness (QED) is 0.164. The Labute approximate surface area is 174 Å². The Morgan fingerprint density at radius 3 is 1.32 bits per heavy atom. The first-order valence-electron chi connectivity index (χ1n) is 8.41. The lowest BCUT2D eigenvalue weighted by atomic mass is 10.0. The fraction of sp³-hybridized carbons (Fsp3) is 0.100. The number of hydrogen-bond donors (Lipinski definition) is 2. The van der Waals surface area contributed by atoms with E-state index in [9.17, 15) is 28.8 Å². The highest BCUT2D eigenvalue weighted by molar-refractivity contribution is 6.49. The van der Waals surface area contributed by atoms with Gasteiger partial charge >= 0.3 is 23.9 Å². The zero-order valence-electron chi connectivity index (χ0n) is 16.3. The molecule has 0 unspecified atom stereocenters. The Kier molecular flexibility index (Phi) is 6.83. The van der Waals surface area contributed by atoms with Crippen LogP contribution in [0.1, 0.15) is 41.4 Å². The Morgan fingerprint density at radius 1 is 0.645 bits per heavy atom. The van der Waals surface area contributed by atoms with Gasteiger partial charge in [-0.2, -0.15) is 0 Å². The molecule has 0 aliphatic rings. The zero-order valence-corrected chi connectivity index (χ0v) is 16.3. The van der Waals surface area contributed by atoms with Crippen molar-refractivity contribution in [1.29, 1.82) is 0 Å². The minimum Gasteiger partial charge on any atom is -0.465 e. The van der Waals surface area contributed by atoms with Crippen LogP contribution in [0.4, 0.5) is 11.4 Å². The van der Waals surface area contributed by atoms with Crippen LogP contribution in [0.2, 0.25) is 0 Å². The molecule has 0 atom stereocenters. The van der Waals surface area contributed by atoms with Gasteiger partial charge in [0.05, 0.1) is 36.5 Å². The Morgan fingerprint density at radius 2 is 1.00 bits per heavy atom. The highest BCUT2D eigenvalue weighted by Crippen LogP contribution is 2.18. The van der Waals surface area contributed by atoms with Crippen molar-refractivity contribution >= 4 is 46.8 Å². The van der Waals surface area contributed by atoms with Crippen LogP contribution < -0.4 is 11.5 Å². The van der Waals surface area contributed by atoms with Crippen LogP contribution in [0.3, 0.4) is 0 Å². The Hall–Kier alpha value is -4.54. The van der Waals surface area contributed by atoms with Gasteiger partial charge in [0.1, 0.15) is 0 Å². The first-order chi connectivity index (χ1) is 14.6. The fourth-order valence-electron chi connectivity index (χ4n) is 2.39. The van der Waals surface area contributed by atoms with E-state index in [-0.39, 0.29) is 22.5 Å². The smallest absolute Gasteiger partial charge is 0.387 e. The molecule has 0 fully saturated rings. The van der Waals surface area contributed by atoms with Crippen LogP contribution >= 0.6 is 0 Å². The molecule has 160 valence electrons. The molecule has 0 saturated carbocycles. The molecular formula is C20H16N2O9. The number of esters is 4. The molecule has 2 rings (SSSR count). The monoisotopic (exact) mass is 428 g/mol. The first kappa shape index (κ1) is 22.7. The van der Waals surface area contributed by atoms with Crippen molar-refractivity contribution in [1.82, 2.24) is 0 Å². The lowest BCUT2D eigenvalue weighted by Crippen LogP contribution is -2.27. The zero-order chi connectivity index (χ0) is 23.3. The van der Waals surface area contributed by atoms with Gasteiger partial charge in [-0.3, -0.25) is 9.59 Å². The van der Waals surface area contributed by atoms with Gasteiger partial charge in [-0.25, -0.2) is 19.2 Å². The molecule has 0 aliphatic heterocycles. The summed E-state index contributed by atoms with van der Waals surface area (Å²) in [6.45, 7) is 0. The first-order valence-corrected chi connectivity index (χ1v) is 8.41. The molecule has 0 radical (unpaired) electrons. The molecule has 11 nitrogen and oxygen atoms in total. The summed E-state index contributed by atoms with van der Waals surface area (Å²) in [6.07, 6.45) is 0. The summed E-state index contributed by atoms with van der Waals surface area (Å²) in [5.74, 6) is -7.77. The summed E-state index contributed by atoms with van der Waals surface area (Å²) in [4.78, 5) is 72.0. The Balaban J connectivity index is 2.24. The predicted octanol–water partition coefficient (Wildman–Crippen LogP) is 0.560. The van der Waals surface area contributed by atoms with Crippen molar-refractivity contribution in [2.75, 3.05) is 25.7 Å². The van der Waals surface area contributed by atoms with Gasteiger partial charge in [-0.1, -0.05) is 0 Å². The van der Waals surface area contributed by atoms with Crippen LogP contribution in [0.25, 0.3) is 0 Å². The minimum atomic E-state index is -1.71. The van der Waals surface area contributed by atoms with Crippen LogP contribution in [-0.4, -0.2) is 49.7 Å². The van der Waals surface area contributed by atoms with Crippen molar-refractivity contribution in [3.05, 3.63) is 58.7 Å². The second kappa shape index (κ2) is 9.31. The summed E-state index contributed by atoms with van der Waals surface area (Å²) in [6, 6.07) is 6.84. The van der Waals surface area contributed by atoms with Crippen molar-refractivity contribution < 1.29 is 43.0 Å². The second-order valence-corrected chi connectivity index (χ2v) is 5.92. The number of ketones is 2. The number of benzene rings is 2. The standard InChI is InChI=1S/C20H16N2O9/c1-29-17(25)9-3-5-13(21)11(7-9)15(23)19(27)31-20(28)16(24)12-8-10(18(26)30-2)4-6-14(12)22/h3-8H,21-22H2,1-2H3. The molecule has 2 aromatic carbocycles. The second-order valence-electron chi connectivity index (χ2n) is 5.92. The van der Waals surface area contributed by atoms with Crippen molar-refractivity contribution in [3.63, 3.8) is 0 Å². The summed E-state index contributed by atoms with van der Waals surface area (Å²) >= 11 is 0. The van der Waals surface area contributed by atoms with Crippen LogP contribution in [-0.2, 0) is 23.8 Å². The van der Waals surface area contributed by atoms with Gasteiger partial charge in [0.15, 0.2) is 0 Å². The SMILES string of the molecule is COC(=O)c1ccc(N)c(C(=O)C(=O)OC(=O)C(=O)c2cc(C(=O)OC)ccc2N)c1. The number of anilines is 2. The van der Waals surface area contributed by atoms with Gasteiger partial charge < -0.3 is 25.7 Å². The lowest BCUT2D eigenvalue weighted by Gasteiger charge is -2.08. The summed E-state index contributed by atoms with van der Waals surface area (Å²) < 4.78 is 13.3. The number of hydrogen-bond acceptors (Lipinski definition) is 11. The molecule has 0 spiro atoms. The number of carbonyl (C=O) groups is 6. The number of rotatable bonds is 6. The normalized spacial score (nSPS) is 10.0. The van der Waals surface area contributed by atoms with E-state index in [0.717, 1.165) is 26.4 Å². The summed E-state index contributed by atoms with van der Waals surface area (Å²) in [7, 11) is 2.22. The van der Waals surface area contributed by atoms with E-state index in [1.807, 2.05) is 0 Å². The third-order valence-corrected chi connectivity index (χ3v) is 3.99. The maximum absolute atomic E-state index is 12.3. The largest absolute Gasteiger partial charge is 0.465 e. The molecule has 0 saturated heterocycles. The van der Waals surface area contributed by atoms with Crippen LogP contribution in [0.15, 0.2) is 36.4 Å². The van der Waals surface area contributed by atoms with Crippen LogP contribution in [0, 0.1) is 0 Å². The third kappa shape index (κ3) is 4.90. The molecule has 0 aromatic heterocycles. The Bertz CT molecular complexity index is 1030. The molecule has 0 heterocycles. The number of carbonyl (C=O) groups excluding carboxylic acids is 6. The number of nitrogen functional groups attached to an aromatic ring is 2. The van der Waals surface area contributed by atoms with E-state index in [4.69, 9.17) is 11.5 Å². The van der Waals surface area contributed by atoms with Crippen LogP contribution in [0.5, 0.6) is 0 Å². The van der Waals surface area contributed by atoms with Gasteiger partial charge in [0.25, 0.3) is 11.6 Å². The van der Waals surface area contributed by atoms with Crippen molar-refractivity contribution in [2.45, 2.75) is 0 Å². The van der Waals surface area contributed by atoms with Gasteiger partial charge in [0, 0.05) is 11.4 Å². The number of nitrogens with two attached hydrogens (primary N) is 2. The predicted molar refractivity (Wildman–Crippen MR) is 104 cm³/mol. The average Bonchev–Trinajstić information content (AvgIpc) is 2.77. The molecule has 0 bridgehead atoms. The molecule has 31 heavy (non-hydrogen) atoms. The van der Waals surface area contributed by atoms with E-state index in [1.165, 1.54) is 24.3 Å². The van der Waals surface area contributed by atoms with Crippen molar-refractivity contribution in [2.24, 2.45) is 0 Å². The molecule has 2 aromatic rings.